The molecule has 1 N–H and O–H groups in total. The molecule has 1 aliphatic carbocycles. The molecule has 0 aromatic heterocycles. The van der Waals surface area contributed by atoms with Crippen LogP contribution >= 0.6 is 0 Å². The summed E-state index contributed by atoms with van der Waals surface area (Å²) in [5.74, 6) is 0.230. The number of piperazine rings is 1. The van der Waals surface area contributed by atoms with Gasteiger partial charge in [0.1, 0.15) is 11.6 Å². The van der Waals surface area contributed by atoms with Gasteiger partial charge in [-0.3, -0.25) is 19.4 Å². The Balaban J connectivity index is 1.23. The minimum atomic E-state index is -0.238. The first-order chi connectivity index (χ1) is 16.4. The molecule has 2 aliphatic heterocycles. The van der Waals surface area contributed by atoms with Crippen molar-refractivity contribution in [2.75, 3.05) is 50.7 Å². The Labute approximate surface area is 202 Å². The molecule has 34 heavy (non-hydrogen) atoms. The maximum Gasteiger partial charge on any atom is 0.234 e. The zero-order valence-corrected chi connectivity index (χ0v) is 20.6. The van der Waals surface area contributed by atoms with Gasteiger partial charge in [0, 0.05) is 57.8 Å². The second-order valence-corrected chi connectivity index (χ2v) is 10.2. The predicted molar refractivity (Wildman–Crippen MR) is 131 cm³/mol. The summed E-state index contributed by atoms with van der Waals surface area (Å²) in [6.45, 7) is 9.29. The number of ether oxygens (including phenoxy) is 1. The van der Waals surface area contributed by atoms with Gasteiger partial charge < -0.3 is 15.0 Å². The van der Waals surface area contributed by atoms with Gasteiger partial charge in [0.25, 0.3) is 0 Å². The van der Waals surface area contributed by atoms with E-state index in [0.717, 1.165) is 63.4 Å². The topological polar surface area (TPSA) is 65.1 Å². The van der Waals surface area contributed by atoms with E-state index >= 15 is 0 Å². The normalized spacial score (nSPS) is 22.4. The Morgan fingerprint density at radius 1 is 1.09 bits per heavy atom. The van der Waals surface area contributed by atoms with E-state index in [9.17, 15) is 14.0 Å². The molecule has 8 heteroatoms. The van der Waals surface area contributed by atoms with Crippen LogP contribution in [-0.2, 0) is 9.59 Å². The zero-order valence-electron chi connectivity index (χ0n) is 20.6. The molecule has 1 unspecified atom stereocenters. The van der Waals surface area contributed by atoms with Crippen LogP contribution in [0.25, 0.3) is 0 Å². The Bertz CT molecular complexity index is 850. The van der Waals surface area contributed by atoms with E-state index in [4.69, 9.17) is 4.74 Å². The van der Waals surface area contributed by atoms with Crippen molar-refractivity contribution in [3.8, 4) is 5.75 Å². The van der Waals surface area contributed by atoms with Crippen LogP contribution in [-0.4, -0.2) is 79.6 Å². The number of amides is 2. The van der Waals surface area contributed by atoms with Crippen molar-refractivity contribution in [3.63, 3.8) is 0 Å². The van der Waals surface area contributed by atoms with Crippen molar-refractivity contribution in [2.45, 2.75) is 64.5 Å². The number of anilines is 1. The SMILES string of the molecule is CC(C)NCC1CC(=O)N(CCCN2CCN(c3cc(F)ccc3OC3CCCC3)CC2)C1=O. The fourth-order valence-electron chi connectivity index (χ4n) is 5.21. The lowest BCUT2D eigenvalue weighted by Crippen LogP contribution is -2.47. The van der Waals surface area contributed by atoms with Gasteiger partial charge in [0.2, 0.25) is 11.8 Å². The van der Waals surface area contributed by atoms with Gasteiger partial charge in [-0.1, -0.05) is 13.8 Å². The van der Waals surface area contributed by atoms with Gasteiger partial charge in [-0.2, -0.15) is 0 Å². The van der Waals surface area contributed by atoms with Crippen LogP contribution in [0.3, 0.4) is 0 Å². The van der Waals surface area contributed by atoms with E-state index in [1.54, 1.807) is 12.1 Å². The highest BCUT2D eigenvalue weighted by molar-refractivity contribution is 6.03. The first-order valence-corrected chi connectivity index (χ1v) is 12.9. The highest BCUT2D eigenvalue weighted by Crippen LogP contribution is 2.33. The van der Waals surface area contributed by atoms with E-state index < -0.39 is 0 Å². The molecule has 1 aromatic carbocycles. The summed E-state index contributed by atoms with van der Waals surface area (Å²) < 4.78 is 20.3. The van der Waals surface area contributed by atoms with Crippen molar-refractivity contribution >= 4 is 17.5 Å². The predicted octanol–water partition coefficient (Wildman–Crippen LogP) is 3.03. The minimum Gasteiger partial charge on any atom is -0.488 e. The van der Waals surface area contributed by atoms with E-state index in [2.05, 4.69) is 15.1 Å². The molecule has 4 rings (SSSR count). The van der Waals surface area contributed by atoms with Gasteiger partial charge in [0.05, 0.1) is 17.7 Å². The second kappa shape index (κ2) is 11.5. The quantitative estimate of drug-likeness (QED) is 0.526. The van der Waals surface area contributed by atoms with Crippen molar-refractivity contribution in [1.29, 1.82) is 0 Å². The van der Waals surface area contributed by atoms with Crippen LogP contribution in [0, 0.1) is 11.7 Å². The van der Waals surface area contributed by atoms with Crippen molar-refractivity contribution < 1.29 is 18.7 Å². The summed E-state index contributed by atoms with van der Waals surface area (Å²) in [5.41, 5.74) is 0.848. The van der Waals surface area contributed by atoms with Crippen LogP contribution in [0.15, 0.2) is 18.2 Å². The van der Waals surface area contributed by atoms with Crippen LogP contribution < -0.4 is 15.0 Å². The third-order valence-electron chi connectivity index (χ3n) is 7.20. The first kappa shape index (κ1) is 24.9. The Kier molecular flexibility index (Phi) is 8.42. The van der Waals surface area contributed by atoms with Crippen molar-refractivity contribution in [2.24, 2.45) is 5.92 Å². The smallest absolute Gasteiger partial charge is 0.234 e. The third kappa shape index (κ3) is 6.27. The minimum absolute atomic E-state index is 0.0381. The van der Waals surface area contributed by atoms with E-state index in [1.807, 2.05) is 13.8 Å². The number of likely N-dealkylation sites (tertiary alicyclic amines) is 1. The summed E-state index contributed by atoms with van der Waals surface area (Å²) in [6.07, 6.45) is 5.87. The first-order valence-electron chi connectivity index (χ1n) is 12.9. The summed E-state index contributed by atoms with van der Waals surface area (Å²) in [7, 11) is 0. The van der Waals surface area contributed by atoms with Gasteiger partial charge >= 0.3 is 0 Å². The maximum absolute atomic E-state index is 14.0. The molecule has 0 bridgehead atoms. The molecule has 0 spiro atoms. The summed E-state index contributed by atoms with van der Waals surface area (Å²) in [4.78, 5) is 30.9. The monoisotopic (exact) mass is 474 g/mol. The van der Waals surface area contributed by atoms with E-state index in [1.165, 1.54) is 23.8 Å². The molecule has 1 saturated carbocycles. The lowest BCUT2D eigenvalue weighted by molar-refractivity contribution is -0.139. The van der Waals surface area contributed by atoms with Crippen molar-refractivity contribution in [3.05, 3.63) is 24.0 Å². The van der Waals surface area contributed by atoms with Crippen LogP contribution in [0.5, 0.6) is 5.75 Å². The van der Waals surface area contributed by atoms with E-state index in [0.29, 0.717) is 25.6 Å². The molecule has 2 saturated heterocycles. The molecule has 2 heterocycles. The summed E-state index contributed by atoms with van der Waals surface area (Å²) in [5, 5.41) is 3.27. The number of imide groups is 1. The largest absolute Gasteiger partial charge is 0.488 e. The third-order valence-corrected chi connectivity index (χ3v) is 7.20. The lowest BCUT2D eigenvalue weighted by Gasteiger charge is -2.37. The van der Waals surface area contributed by atoms with Gasteiger partial charge in [-0.05, 0) is 50.8 Å². The number of nitrogens with zero attached hydrogens (tertiary/aromatic N) is 3. The van der Waals surface area contributed by atoms with Gasteiger partial charge in [-0.25, -0.2) is 4.39 Å². The number of rotatable bonds is 10. The number of benzene rings is 1. The molecule has 0 radical (unpaired) electrons. The molecule has 7 nitrogen and oxygen atoms in total. The van der Waals surface area contributed by atoms with Crippen LogP contribution in [0.2, 0.25) is 0 Å². The zero-order chi connectivity index (χ0) is 24.1. The standard InChI is InChI=1S/C26H39FN4O3/c1-19(2)28-18-20-16-25(32)31(26(20)33)11-5-10-29-12-14-30(15-13-29)23-17-21(27)8-9-24(23)34-22-6-3-4-7-22/h8-9,17,19-20,22,28H,3-7,10-16,18H2,1-2H3. The van der Waals surface area contributed by atoms with Crippen LogP contribution in [0.1, 0.15) is 52.4 Å². The number of hydrogen-bond acceptors (Lipinski definition) is 6. The molecule has 188 valence electrons. The molecule has 3 aliphatic rings. The summed E-state index contributed by atoms with van der Waals surface area (Å²) >= 11 is 0. The fourth-order valence-corrected chi connectivity index (χ4v) is 5.21. The molecule has 1 aromatic rings. The Morgan fingerprint density at radius 3 is 2.53 bits per heavy atom. The Hall–Kier alpha value is -2.19. The van der Waals surface area contributed by atoms with E-state index in [-0.39, 0.29) is 29.7 Å². The molecular formula is C26H39FN4O3. The number of nitrogens with one attached hydrogen (secondary N) is 1. The Morgan fingerprint density at radius 2 is 1.82 bits per heavy atom. The average Bonchev–Trinajstić information content (AvgIpc) is 3.42. The highest BCUT2D eigenvalue weighted by atomic mass is 19.1. The van der Waals surface area contributed by atoms with Crippen molar-refractivity contribution in [1.82, 2.24) is 15.1 Å². The lowest BCUT2D eigenvalue weighted by atomic mass is 10.1. The van der Waals surface area contributed by atoms with Crippen LogP contribution in [0.4, 0.5) is 10.1 Å². The summed E-state index contributed by atoms with van der Waals surface area (Å²) in [6, 6.07) is 5.14. The number of carbonyl (C=O) groups is 2. The van der Waals surface area contributed by atoms with Gasteiger partial charge in [0.15, 0.2) is 0 Å². The molecule has 1 atom stereocenters. The number of hydrogen-bond donors (Lipinski definition) is 1. The molecule has 3 fully saturated rings. The number of halogens is 1. The maximum atomic E-state index is 14.0. The molecular weight excluding hydrogens is 435 g/mol. The van der Waals surface area contributed by atoms with Gasteiger partial charge in [-0.15, -0.1) is 0 Å². The second-order valence-electron chi connectivity index (χ2n) is 10.2. The average molecular weight is 475 g/mol. The fraction of sp³-hybridized carbons (Fsp3) is 0.692. The molecule has 2 amide bonds. The highest BCUT2D eigenvalue weighted by Gasteiger charge is 2.37. The number of carbonyl (C=O) groups excluding carboxylic acids is 2.